The number of hydrogen-bond acceptors (Lipinski definition) is 5. The Morgan fingerprint density at radius 2 is 2.10 bits per heavy atom. The first-order valence-corrected chi connectivity index (χ1v) is 8.37. The van der Waals surface area contributed by atoms with Crippen LogP contribution in [0.3, 0.4) is 0 Å². The van der Waals surface area contributed by atoms with Crippen LogP contribution in [-0.2, 0) is 17.1 Å². The maximum Gasteiger partial charge on any atom is 0.260 e. The topological polar surface area (TPSA) is 85.9 Å². The molecule has 9 heteroatoms. The molecule has 0 bridgehead atoms. The van der Waals surface area contributed by atoms with Crippen molar-refractivity contribution in [3.05, 3.63) is 24.7 Å². The van der Waals surface area contributed by atoms with Gasteiger partial charge in [-0.1, -0.05) is 5.21 Å². The molecule has 0 aliphatic carbocycles. The summed E-state index contributed by atoms with van der Waals surface area (Å²) < 4.78 is 30.1. The van der Waals surface area contributed by atoms with Gasteiger partial charge in [-0.25, -0.2) is 13.1 Å². The molecule has 0 radical (unpaired) electrons. The molecule has 0 N–H and O–H groups in total. The number of hydrogen-bond donors (Lipinski definition) is 0. The molecule has 1 atom stereocenters. The molecule has 8 nitrogen and oxygen atoms in total. The van der Waals surface area contributed by atoms with Crippen molar-refractivity contribution in [2.24, 2.45) is 7.05 Å². The molecule has 2 aromatic rings. The Morgan fingerprint density at radius 3 is 2.76 bits per heavy atom. The zero-order chi connectivity index (χ0) is 14.9. The van der Waals surface area contributed by atoms with E-state index < -0.39 is 10.0 Å². The summed E-state index contributed by atoms with van der Waals surface area (Å²) in [6.07, 6.45) is 7.43. The average Bonchev–Trinajstić information content (AvgIpc) is 3.06. The van der Waals surface area contributed by atoms with E-state index in [1.807, 2.05) is 10.9 Å². The summed E-state index contributed by atoms with van der Waals surface area (Å²) in [7, 11) is -1.83. The molecule has 0 aromatic carbocycles. The molecular formula is C12H18N6O2S. The predicted molar refractivity (Wildman–Crippen MR) is 74.9 cm³/mol. The Balaban J connectivity index is 1.77. The minimum Gasteiger partial charge on any atom is -0.256 e. The van der Waals surface area contributed by atoms with Crippen molar-refractivity contribution in [3.8, 4) is 0 Å². The molecule has 1 fully saturated rings. The van der Waals surface area contributed by atoms with Gasteiger partial charge in [0.25, 0.3) is 10.0 Å². The van der Waals surface area contributed by atoms with Crippen LogP contribution in [0.15, 0.2) is 29.7 Å². The van der Waals surface area contributed by atoms with Gasteiger partial charge in [-0.3, -0.25) is 4.68 Å². The lowest BCUT2D eigenvalue weighted by Crippen LogP contribution is -2.33. The van der Waals surface area contributed by atoms with Gasteiger partial charge in [0.15, 0.2) is 5.03 Å². The predicted octanol–water partition coefficient (Wildman–Crippen LogP) is 0.427. The highest BCUT2D eigenvalue weighted by Crippen LogP contribution is 2.25. The van der Waals surface area contributed by atoms with Crippen molar-refractivity contribution in [1.82, 2.24) is 29.1 Å². The van der Waals surface area contributed by atoms with Crippen molar-refractivity contribution in [3.63, 3.8) is 0 Å². The van der Waals surface area contributed by atoms with Crippen LogP contribution in [0, 0.1) is 0 Å². The second-order valence-corrected chi connectivity index (χ2v) is 7.05. The second-order valence-electron chi connectivity index (χ2n) is 5.16. The number of nitrogens with zero attached hydrogens (tertiary/aromatic N) is 6. The first-order valence-electron chi connectivity index (χ1n) is 6.93. The summed E-state index contributed by atoms with van der Waals surface area (Å²) in [6, 6.07) is 1.74. The minimum absolute atomic E-state index is 0.208. The van der Waals surface area contributed by atoms with Gasteiger partial charge in [0.05, 0.1) is 18.4 Å². The fraction of sp³-hybridized carbons (Fsp3) is 0.583. The van der Waals surface area contributed by atoms with Crippen molar-refractivity contribution in [2.75, 3.05) is 13.1 Å². The van der Waals surface area contributed by atoms with Gasteiger partial charge in [-0.05, 0) is 25.3 Å². The van der Waals surface area contributed by atoms with Crippen molar-refractivity contribution < 1.29 is 8.42 Å². The van der Waals surface area contributed by atoms with Gasteiger partial charge in [0.2, 0.25) is 0 Å². The molecule has 2 aromatic heterocycles. The molecule has 0 spiro atoms. The molecular weight excluding hydrogens is 292 g/mol. The van der Waals surface area contributed by atoms with Crippen LogP contribution < -0.4 is 0 Å². The lowest BCUT2D eigenvalue weighted by atomic mass is 10.1. The van der Waals surface area contributed by atoms with Gasteiger partial charge in [0.1, 0.15) is 0 Å². The molecule has 0 saturated carbocycles. The first-order chi connectivity index (χ1) is 10.1. The van der Waals surface area contributed by atoms with E-state index >= 15 is 0 Å². The van der Waals surface area contributed by atoms with Gasteiger partial charge >= 0.3 is 0 Å². The molecule has 1 aliphatic rings. The number of sulfonamides is 1. The third-order valence-corrected chi connectivity index (χ3v) is 5.83. The van der Waals surface area contributed by atoms with Crippen molar-refractivity contribution >= 4 is 10.0 Å². The summed E-state index contributed by atoms with van der Waals surface area (Å²) in [5.74, 6) is 0. The molecule has 0 amide bonds. The molecule has 1 unspecified atom stereocenters. The highest BCUT2D eigenvalue weighted by Gasteiger charge is 2.30. The molecule has 1 aliphatic heterocycles. The summed E-state index contributed by atoms with van der Waals surface area (Å²) in [5.41, 5.74) is 0. The normalized spacial score (nSPS) is 21.3. The number of aryl methyl sites for hydroxylation is 1. The van der Waals surface area contributed by atoms with Crippen LogP contribution in [0.4, 0.5) is 0 Å². The summed E-state index contributed by atoms with van der Waals surface area (Å²) >= 11 is 0. The Bertz CT molecular complexity index is 693. The highest BCUT2D eigenvalue weighted by molar-refractivity contribution is 7.89. The fourth-order valence-corrected chi connectivity index (χ4v) is 4.31. The minimum atomic E-state index is -3.48. The lowest BCUT2D eigenvalue weighted by Gasteiger charge is -2.20. The van der Waals surface area contributed by atoms with E-state index in [1.165, 1.54) is 16.9 Å². The van der Waals surface area contributed by atoms with Crippen LogP contribution in [0.5, 0.6) is 0 Å². The molecule has 3 heterocycles. The van der Waals surface area contributed by atoms with Gasteiger partial charge in [0, 0.05) is 26.3 Å². The first kappa shape index (κ1) is 14.2. The Morgan fingerprint density at radius 1 is 1.24 bits per heavy atom. The zero-order valence-electron chi connectivity index (χ0n) is 11.8. The van der Waals surface area contributed by atoms with E-state index in [9.17, 15) is 8.42 Å². The fourth-order valence-electron chi connectivity index (χ4n) is 2.72. The number of aromatic nitrogens is 5. The Hall–Kier alpha value is -1.74. The lowest BCUT2D eigenvalue weighted by molar-refractivity contribution is 0.384. The Kier molecular flexibility index (Phi) is 3.77. The average molecular weight is 310 g/mol. The Labute approximate surface area is 123 Å². The molecule has 3 rings (SSSR count). The van der Waals surface area contributed by atoms with E-state index in [2.05, 4.69) is 15.4 Å². The van der Waals surface area contributed by atoms with Crippen LogP contribution >= 0.6 is 0 Å². The summed E-state index contributed by atoms with van der Waals surface area (Å²) in [4.78, 5) is 0. The zero-order valence-corrected chi connectivity index (χ0v) is 12.6. The maximum atomic E-state index is 12.6. The van der Waals surface area contributed by atoms with E-state index in [4.69, 9.17) is 0 Å². The SMILES string of the molecule is Cn1nccc1S(=O)(=O)N1CCCC(n2ccnn2)CC1. The number of rotatable bonds is 3. The molecule has 1 saturated heterocycles. The summed E-state index contributed by atoms with van der Waals surface area (Å²) in [5, 5.41) is 12.0. The van der Waals surface area contributed by atoms with Crippen LogP contribution in [-0.4, -0.2) is 50.6 Å². The maximum absolute atomic E-state index is 12.6. The van der Waals surface area contributed by atoms with Crippen LogP contribution in [0.1, 0.15) is 25.3 Å². The smallest absolute Gasteiger partial charge is 0.256 e. The highest BCUT2D eigenvalue weighted by atomic mass is 32.2. The van der Waals surface area contributed by atoms with E-state index in [1.54, 1.807) is 17.5 Å². The van der Waals surface area contributed by atoms with E-state index in [-0.39, 0.29) is 11.1 Å². The van der Waals surface area contributed by atoms with Crippen molar-refractivity contribution in [2.45, 2.75) is 30.3 Å². The standard InChI is InChI=1S/C12H18N6O2S/c1-16-12(4-6-14-16)21(19,20)17-8-2-3-11(5-9-17)18-10-7-13-15-18/h4,6-7,10-11H,2-3,5,8-9H2,1H3. The monoisotopic (exact) mass is 310 g/mol. The summed E-state index contributed by atoms with van der Waals surface area (Å²) in [6.45, 7) is 1.01. The van der Waals surface area contributed by atoms with Crippen LogP contribution in [0.25, 0.3) is 0 Å². The van der Waals surface area contributed by atoms with Crippen LogP contribution in [0.2, 0.25) is 0 Å². The third-order valence-electron chi connectivity index (χ3n) is 3.85. The van der Waals surface area contributed by atoms with Gasteiger partial charge < -0.3 is 0 Å². The largest absolute Gasteiger partial charge is 0.260 e. The van der Waals surface area contributed by atoms with E-state index in [0.29, 0.717) is 13.1 Å². The molecule has 114 valence electrons. The van der Waals surface area contributed by atoms with Gasteiger partial charge in [-0.15, -0.1) is 5.10 Å². The third kappa shape index (κ3) is 2.70. The van der Waals surface area contributed by atoms with Crippen molar-refractivity contribution in [1.29, 1.82) is 0 Å². The van der Waals surface area contributed by atoms with E-state index in [0.717, 1.165) is 19.3 Å². The molecule has 21 heavy (non-hydrogen) atoms. The van der Waals surface area contributed by atoms with Gasteiger partial charge in [-0.2, -0.15) is 9.40 Å². The second kappa shape index (κ2) is 5.57. The quantitative estimate of drug-likeness (QED) is 0.820.